The van der Waals surface area contributed by atoms with Crippen LogP contribution in [0.4, 0.5) is 20.2 Å². The van der Waals surface area contributed by atoms with Crippen molar-refractivity contribution in [3.05, 3.63) is 53.6 Å². The number of anilines is 2. The van der Waals surface area contributed by atoms with Gasteiger partial charge in [-0.05, 0) is 61.2 Å². The molecule has 1 fully saturated rings. The van der Waals surface area contributed by atoms with E-state index in [1.165, 1.54) is 6.07 Å². The highest BCUT2D eigenvalue weighted by Crippen LogP contribution is 2.35. The number of amides is 1. The van der Waals surface area contributed by atoms with Crippen molar-refractivity contribution >= 4 is 27.3 Å². The van der Waals surface area contributed by atoms with E-state index in [2.05, 4.69) is 4.72 Å². The standard InChI is InChI=1S/C20H20F2N2O3S/c21-15-5-7-17(22)19(12-15)28(26,27)23-16-6-8-18-14(11-16)9-10-24(18)20(25)13-3-1-2-4-13/h5-8,11-13,23H,1-4,9-10H2. The average molecular weight is 406 g/mol. The third kappa shape index (κ3) is 3.48. The van der Waals surface area contributed by atoms with Crippen LogP contribution in [0.2, 0.25) is 0 Å². The van der Waals surface area contributed by atoms with E-state index >= 15 is 0 Å². The SMILES string of the molecule is O=C(C1CCCC1)N1CCc2cc(NS(=O)(=O)c3cc(F)ccc3F)ccc21. The van der Waals surface area contributed by atoms with Crippen LogP contribution in [0.15, 0.2) is 41.3 Å². The van der Waals surface area contributed by atoms with E-state index in [9.17, 15) is 22.0 Å². The van der Waals surface area contributed by atoms with E-state index in [4.69, 9.17) is 0 Å². The molecule has 0 spiro atoms. The Labute approximate surface area is 162 Å². The number of hydrogen-bond donors (Lipinski definition) is 1. The molecule has 2 aliphatic rings. The van der Waals surface area contributed by atoms with Crippen molar-refractivity contribution in [3.63, 3.8) is 0 Å². The molecule has 1 N–H and O–H groups in total. The lowest BCUT2D eigenvalue weighted by atomic mass is 10.1. The number of fused-ring (bicyclic) bond motifs is 1. The van der Waals surface area contributed by atoms with Gasteiger partial charge in [0.25, 0.3) is 10.0 Å². The number of nitrogens with zero attached hydrogens (tertiary/aromatic N) is 1. The predicted molar refractivity (Wildman–Crippen MR) is 102 cm³/mol. The Kier molecular flexibility index (Phi) is 4.82. The number of nitrogens with one attached hydrogen (secondary N) is 1. The zero-order valence-electron chi connectivity index (χ0n) is 15.1. The maximum absolute atomic E-state index is 13.8. The fourth-order valence-electron chi connectivity index (χ4n) is 3.98. The Morgan fingerprint density at radius 1 is 1.07 bits per heavy atom. The van der Waals surface area contributed by atoms with Crippen molar-refractivity contribution in [2.45, 2.75) is 37.0 Å². The molecule has 1 heterocycles. The molecule has 0 unspecified atom stereocenters. The fourth-order valence-corrected chi connectivity index (χ4v) is 5.12. The van der Waals surface area contributed by atoms with Crippen LogP contribution in [0.1, 0.15) is 31.2 Å². The lowest BCUT2D eigenvalue weighted by Crippen LogP contribution is -2.33. The Hall–Kier alpha value is -2.48. The highest BCUT2D eigenvalue weighted by atomic mass is 32.2. The molecule has 0 aromatic heterocycles. The molecule has 0 saturated heterocycles. The highest BCUT2D eigenvalue weighted by molar-refractivity contribution is 7.92. The Morgan fingerprint density at radius 2 is 1.82 bits per heavy atom. The summed E-state index contributed by atoms with van der Waals surface area (Å²) in [5.74, 6) is -1.66. The van der Waals surface area contributed by atoms with Gasteiger partial charge in [-0.25, -0.2) is 17.2 Å². The van der Waals surface area contributed by atoms with Gasteiger partial charge in [-0.1, -0.05) is 12.8 Å². The molecular weight excluding hydrogens is 386 g/mol. The van der Waals surface area contributed by atoms with E-state index in [1.807, 2.05) is 0 Å². The van der Waals surface area contributed by atoms with Gasteiger partial charge in [0.15, 0.2) is 0 Å². The molecule has 1 aliphatic heterocycles. The van der Waals surface area contributed by atoms with Gasteiger partial charge in [-0.3, -0.25) is 9.52 Å². The third-order valence-electron chi connectivity index (χ3n) is 5.38. The maximum atomic E-state index is 13.8. The van der Waals surface area contributed by atoms with E-state index in [0.29, 0.717) is 19.0 Å². The van der Waals surface area contributed by atoms with Crippen LogP contribution < -0.4 is 9.62 Å². The van der Waals surface area contributed by atoms with Crippen LogP contribution in [0.5, 0.6) is 0 Å². The van der Waals surface area contributed by atoms with Gasteiger partial charge in [0, 0.05) is 23.8 Å². The summed E-state index contributed by atoms with van der Waals surface area (Å²) in [5.41, 5.74) is 1.89. The second-order valence-electron chi connectivity index (χ2n) is 7.24. The van der Waals surface area contributed by atoms with E-state index in [0.717, 1.165) is 49.1 Å². The molecule has 148 valence electrons. The maximum Gasteiger partial charge on any atom is 0.264 e. The quantitative estimate of drug-likeness (QED) is 0.839. The number of halogens is 2. The van der Waals surface area contributed by atoms with Gasteiger partial charge >= 0.3 is 0 Å². The first kappa shape index (κ1) is 18.9. The lowest BCUT2D eigenvalue weighted by Gasteiger charge is -2.21. The average Bonchev–Trinajstić information content (AvgIpc) is 3.32. The number of hydrogen-bond acceptors (Lipinski definition) is 3. The van der Waals surface area contributed by atoms with Gasteiger partial charge in [-0.15, -0.1) is 0 Å². The molecule has 1 amide bonds. The van der Waals surface area contributed by atoms with Crippen LogP contribution in [0, 0.1) is 17.6 Å². The first-order valence-corrected chi connectivity index (χ1v) is 10.8. The summed E-state index contributed by atoms with van der Waals surface area (Å²) in [6.45, 7) is 0.569. The van der Waals surface area contributed by atoms with Gasteiger partial charge in [-0.2, -0.15) is 0 Å². The van der Waals surface area contributed by atoms with Crippen LogP contribution in [0.25, 0.3) is 0 Å². The number of carbonyl (C=O) groups excluding carboxylic acids is 1. The van der Waals surface area contributed by atoms with Crippen molar-refractivity contribution in [2.24, 2.45) is 5.92 Å². The van der Waals surface area contributed by atoms with Crippen LogP contribution in [-0.2, 0) is 21.2 Å². The van der Waals surface area contributed by atoms with E-state index < -0.39 is 26.6 Å². The summed E-state index contributed by atoms with van der Waals surface area (Å²) in [5, 5.41) is 0. The molecule has 0 bridgehead atoms. The first-order chi connectivity index (χ1) is 13.3. The van der Waals surface area contributed by atoms with Gasteiger partial charge in [0.2, 0.25) is 5.91 Å². The largest absolute Gasteiger partial charge is 0.312 e. The molecule has 5 nitrogen and oxygen atoms in total. The molecule has 4 rings (SSSR count). The molecule has 2 aromatic rings. The highest BCUT2D eigenvalue weighted by Gasteiger charge is 2.32. The summed E-state index contributed by atoms with van der Waals surface area (Å²) in [6.07, 6.45) is 4.62. The minimum atomic E-state index is -4.27. The van der Waals surface area contributed by atoms with Crippen LogP contribution in [-0.4, -0.2) is 20.9 Å². The molecular formula is C20H20F2N2O3S. The number of carbonyl (C=O) groups is 1. The van der Waals surface area contributed by atoms with Crippen molar-refractivity contribution in [1.82, 2.24) is 0 Å². The Balaban J connectivity index is 1.57. The van der Waals surface area contributed by atoms with E-state index in [1.54, 1.807) is 17.0 Å². The smallest absolute Gasteiger partial charge is 0.264 e. The first-order valence-electron chi connectivity index (χ1n) is 9.27. The van der Waals surface area contributed by atoms with Crippen molar-refractivity contribution < 1.29 is 22.0 Å². The molecule has 1 saturated carbocycles. The number of benzene rings is 2. The summed E-state index contributed by atoms with van der Waals surface area (Å²) in [4.78, 5) is 13.7. The van der Waals surface area contributed by atoms with Crippen molar-refractivity contribution in [2.75, 3.05) is 16.2 Å². The van der Waals surface area contributed by atoms with Gasteiger partial charge in [0.1, 0.15) is 16.5 Å². The van der Waals surface area contributed by atoms with Crippen molar-refractivity contribution in [3.8, 4) is 0 Å². The molecule has 8 heteroatoms. The zero-order valence-corrected chi connectivity index (χ0v) is 15.9. The molecule has 28 heavy (non-hydrogen) atoms. The number of rotatable bonds is 4. The summed E-state index contributed by atoms with van der Waals surface area (Å²) < 4.78 is 54.4. The topological polar surface area (TPSA) is 66.5 Å². The zero-order chi connectivity index (χ0) is 19.9. The Bertz CT molecular complexity index is 1030. The monoisotopic (exact) mass is 406 g/mol. The molecule has 0 atom stereocenters. The molecule has 2 aromatic carbocycles. The van der Waals surface area contributed by atoms with E-state index in [-0.39, 0.29) is 17.5 Å². The normalized spacial score (nSPS) is 17.0. The molecule has 0 radical (unpaired) electrons. The fraction of sp³-hybridized carbons (Fsp3) is 0.350. The lowest BCUT2D eigenvalue weighted by molar-refractivity contribution is -0.122. The predicted octanol–water partition coefficient (Wildman–Crippen LogP) is 3.84. The van der Waals surface area contributed by atoms with Crippen LogP contribution in [0.3, 0.4) is 0 Å². The minimum absolute atomic E-state index is 0.0695. The van der Waals surface area contributed by atoms with Gasteiger partial charge in [0.05, 0.1) is 0 Å². The van der Waals surface area contributed by atoms with Gasteiger partial charge < -0.3 is 4.90 Å². The van der Waals surface area contributed by atoms with Crippen molar-refractivity contribution in [1.29, 1.82) is 0 Å². The third-order valence-corrected chi connectivity index (χ3v) is 6.78. The summed E-state index contributed by atoms with van der Waals surface area (Å²) in [7, 11) is -4.27. The summed E-state index contributed by atoms with van der Waals surface area (Å²) >= 11 is 0. The Morgan fingerprint density at radius 3 is 2.57 bits per heavy atom. The second kappa shape index (κ2) is 7.16. The van der Waals surface area contributed by atoms with Crippen LogP contribution >= 0.6 is 0 Å². The second-order valence-corrected chi connectivity index (χ2v) is 8.90. The molecule has 1 aliphatic carbocycles. The number of sulfonamides is 1. The summed E-state index contributed by atoms with van der Waals surface area (Å²) in [6, 6.07) is 7.17. The minimum Gasteiger partial charge on any atom is -0.312 e.